The molecule has 0 saturated heterocycles. The third kappa shape index (κ3) is 2.18. The molecule has 102 valence electrons. The topological polar surface area (TPSA) is 9.86 Å². The van der Waals surface area contributed by atoms with Gasteiger partial charge in [0.1, 0.15) is 0 Å². The molecule has 0 radical (unpaired) electrons. The highest BCUT2D eigenvalue weighted by molar-refractivity contribution is 5.57. The van der Waals surface area contributed by atoms with Crippen LogP contribution in [0.15, 0.2) is 67.3 Å². The Morgan fingerprint density at radius 2 is 1.05 bits per heavy atom. The van der Waals surface area contributed by atoms with Crippen molar-refractivity contribution < 1.29 is 0 Å². The van der Waals surface area contributed by atoms with Crippen LogP contribution in [0.5, 0.6) is 0 Å². The SMILES string of the molecule is CC(C)(C)c1c(-n2cccc2)cccc1-n1cccc1. The molecule has 20 heavy (non-hydrogen) atoms. The van der Waals surface area contributed by atoms with Gasteiger partial charge in [-0.25, -0.2) is 0 Å². The second-order valence-corrected chi connectivity index (χ2v) is 6.10. The lowest BCUT2D eigenvalue weighted by atomic mass is 9.84. The molecule has 2 aromatic heterocycles. The van der Waals surface area contributed by atoms with Gasteiger partial charge in [0.15, 0.2) is 0 Å². The average molecular weight is 264 g/mol. The van der Waals surface area contributed by atoms with Crippen LogP contribution in [-0.2, 0) is 5.41 Å². The first-order valence-electron chi connectivity index (χ1n) is 6.97. The highest BCUT2D eigenvalue weighted by Gasteiger charge is 2.23. The van der Waals surface area contributed by atoms with Crippen LogP contribution >= 0.6 is 0 Å². The second kappa shape index (κ2) is 4.71. The van der Waals surface area contributed by atoms with Crippen LogP contribution in [0.1, 0.15) is 26.3 Å². The molecule has 0 saturated carbocycles. The van der Waals surface area contributed by atoms with Gasteiger partial charge in [0.25, 0.3) is 0 Å². The molecule has 1 aromatic carbocycles. The second-order valence-electron chi connectivity index (χ2n) is 6.10. The van der Waals surface area contributed by atoms with Crippen molar-refractivity contribution in [1.29, 1.82) is 0 Å². The van der Waals surface area contributed by atoms with E-state index >= 15 is 0 Å². The molecule has 0 spiro atoms. The number of benzene rings is 1. The maximum absolute atomic E-state index is 2.27. The predicted octanol–water partition coefficient (Wildman–Crippen LogP) is 4.57. The number of hydrogen-bond donors (Lipinski definition) is 0. The minimum Gasteiger partial charge on any atom is -0.324 e. The number of aromatic nitrogens is 2. The lowest BCUT2D eigenvalue weighted by Gasteiger charge is -2.27. The minimum absolute atomic E-state index is 0.0699. The van der Waals surface area contributed by atoms with E-state index in [1.165, 1.54) is 16.9 Å². The van der Waals surface area contributed by atoms with Crippen LogP contribution in [0.25, 0.3) is 11.4 Å². The molecule has 2 nitrogen and oxygen atoms in total. The molecule has 0 atom stereocenters. The van der Waals surface area contributed by atoms with Crippen molar-refractivity contribution in [3.8, 4) is 11.4 Å². The molecule has 0 N–H and O–H groups in total. The summed E-state index contributed by atoms with van der Waals surface area (Å²) in [6.07, 6.45) is 8.40. The molecule has 0 aliphatic heterocycles. The number of rotatable bonds is 2. The summed E-state index contributed by atoms with van der Waals surface area (Å²) in [5, 5.41) is 0. The van der Waals surface area contributed by atoms with Gasteiger partial charge in [-0.1, -0.05) is 26.8 Å². The highest BCUT2D eigenvalue weighted by atomic mass is 15.0. The van der Waals surface area contributed by atoms with Crippen molar-refractivity contribution in [2.45, 2.75) is 26.2 Å². The highest BCUT2D eigenvalue weighted by Crippen LogP contribution is 2.33. The first kappa shape index (κ1) is 12.8. The van der Waals surface area contributed by atoms with Gasteiger partial charge in [0.05, 0.1) is 11.4 Å². The summed E-state index contributed by atoms with van der Waals surface area (Å²) in [4.78, 5) is 0. The van der Waals surface area contributed by atoms with E-state index in [1.807, 2.05) is 0 Å². The number of nitrogens with zero attached hydrogens (tertiary/aromatic N) is 2. The molecular formula is C18H20N2. The van der Waals surface area contributed by atoms with Gasteiger partial charge in [0, 0.05) is 30.4 Å². The quantitative estimate of drug-likeness (QED) is 0.642. The van der Waals surface area contributed by atoms with Crippen LogP contribution in [-0.4, -0.2) is 9.13 Å². The van der Waals surface area contributed by atoms with E-state index in [-0.39, 0.29) is 5.41 Å². The molecule has 2 heteroatoms. The zero-order valence-electron chi connectivity index (χ0n) is 12.2. The fourth-order valence-electron chi connectivity index (χ4n) is 2.72. The number of hydrogen-bond acceptors (Lipinski definition) is 0. The van der Waals surface area contributed by atoms with E-state index in [1.54, 1.807) is 0 Å². The van der Waals surface area contributed by atoms with E-state index in [2.05, 4.69) is 97.2 Å². The Balaban J connectivity index is 2.29. The van der Waals surface area contributed by atoms with Crippen LogP contribution in [0, 0.1) is 0 Å². The van der Waals surface area contributed by atoms with Gasteiger partial charge in [-0.15, -0.1) is 0 Å². The molecule has 0 fully saturated rings. The van der Waals surface area contributed by atoms with Crippen LogP contribution < -0.4 is 0 Å². The van der Waals surface area contributed by atoms with Gasteiger partial charge in [-0.05, 0) is 41.8 Å². The molecule has 0 amide bonds. The lowest BCUT2D eigenvalue weighted by Crippen LogP contribution is -2.18. The molecular weight excluding hydrogens is 244 g/mol. The van der Waals surface area contributed by atoms with Gasteiger partial charge in [-0.2, -0.15) is 0 Å². The summed E-state index contributed by atoms with van der Waals surface area (Å²) in [5.74, 6) is 0. The lowest BCUT2D eigenvalue weighted by molar-refractivity contribution is 0.582. The fourth-order valence-corrected chi connectivity index (χ4v) is 2.72. The van der Waals surface area contributed by atoms with Gasteiger partial charge < -0.3 is 9.13 Å². The van der Waals surface area contributed by atoms with E-state index in [9.17, 15) is 0 Å². The Morgan fingerprint density at radius 3 is 1.40 bits per heavy atom. The van der Waals surface area contributed by atoms with Crippen molar-refractivity contribution in [1.82, 2.24) is 9.13 Å². The van der Waals surface area contributed by atoms with Crippen molar-refractivity contribution in [3.05, 3.63) is 72.8 Å². The van der Waals surface area contributed by atoms with Gasteiger partial charge >= 0.3 is 0 Å². The van der Waals surface area contributed by atoms with Crippen molar-refractivity contribution in [2.75, 3.05) is 0 Å². The first-order chi connectivity index (χ1) is 9.57. The molecule has 0 bridgehead atoms. The minimum atomic E-state index is 0.0699. The first-order valence-corrected chi connectivity index (χ1v) is 6.97. The zero-order valence-corrected chi connectivity index (χ0v) is 12.2. The normalized spacial score (nSPS) is 11.8. The van der Waals surface area contributed by atoms with Crippen molar-refractivity contribution >= 4 is 0 Å². The summed E-state index contributed by atoms with van der Waals surface area (Å²) in [7, 11) is 0. The van der Waals surface area contributed by atoms with E-state index in [0.29, 0.717) is 0 Å². The summed E-state index contributed by atoms with van der Waals surface area (Å²) in [5.41, 5.74) is 3.91. The average Bonchev–Trinajstić information content (AvgIpc) is 3.10. The fraction of sp³-hybridized carbons (Fsp3) is 0.222. The van der Waals surface area contributed by atoms with E-state index in [0.717, 1.165) is 0 Å². The zero-order chi connectivity index (χ0) is 14.2. The van der Waals surface area contributed by atoms with Gasteiger partial charge in [0.2, 0.25) is 0 Å². The Labute approximate surface area is 120 Å². The van der Waals surface area contributed by atoms with E-state index in [4.69, 9.17) is 0 Å². The van der Waals surface area contributed by atoms with E-state index < -0.39 is 0 Å². The molecule has 0 aliphatic carbocycles. The van der Waals surface area contributed by atoms with Crippen LogP contribution in [0.3, 0.4) is 0 Å². The molecule has 0 aliphatic rings. The van der Waals surface area contributed by atoms with Crippen molar-refractivity contribution in [3.63, 3.8) is 0 Å². The standard InChI is InChI=1S/C18H20N2/c1-18(2,3)17-15(19-11-4-5-12-19)9-8-10-16(17)20-13-6-7-14-20/h4-14H,1-3H3. The summed E-state index contributed by atoms with van der Waals surface area (Å²) >= 11 is 0. The Hall–Kier alpha value is -2.22. The monoisotopic (exact) mass is 264 g/mol. The summed E-state index contributed by atoms with van der Waals surface area (Å²) in [6.45, 7) is 6.80. The third-order valence-corrected chi connectivity index (χ3v) is 3.54. The Kier molecular flexibility index (Phi) is 3.01. The summed E-state index contributed by atoms with van der Waals surface area (Å²) in [6, 6.07) is 14.8. The predicted molar refractivity (Wildman–Crippen MR) is 83.8 cm³/mol. The Bertz CT molecular complexity index is 631. The smallest absolute Gasteiger partial charge is 0.0507 e. The molecule has 3 rings (SSSR count). The molecule has 0 unspecified atom stereocenters. The summed E-state index contributed by atoms with van der Waals surface area (Å²) < 4.78 is 4.38. The maximum Gasteiger partial charge on any atom is 0.0507 e. The van der Waals surface area contributed by atoms with Crippen LogP contribution in [0.4, 0.5) is 0 Å². The van der Waals surface area contributed by atoms with Gasteiger partial charge in [-0.3, -0.25) is 0 Å². The largest absolute Gasteiger partial charge is 0.324 e. The molecule has 3 aromatic rings. The maximum atomic E-state index is 2.27. The molecule has 2 heterocycles. The Morgan fingerprint density at radius 1 is 0.650 bits per heavy atom. The van der Waals surface area contributed by atoms with Crippen LogP contribution in [0.2, 0.25) is 0 Å². The third-order valence-electron chi connectivity index (χ3n) is 3.54. The van der Waals surface area contributed by atoms with Crippen molar-refractivity contribution in [2.24, 2.45) is 0 Å².